The lowest BCUT2D eigenvalue weighted by atomic mass is 10.3. The SMILES string of the molecule is CCN(CC)C(=O)CCCS(C)(=O)=O. The van der Waals surface area contributed by atoms with E-state index >= 15 is 0 Å². The summed E-state index contributed by atoms with van der Waals surface area (Å²) in [6.07, 6.45) is 1.94. The molecule has 0 aromatic carbocycles. The van der Waals surface area contributed by atoms with Crippen LogP contribution in [0.15, 0.2) is 0 Å². The topological polar surface area (TPSA) is 54.5 Å². The average molecular weight is 221 g/mol. The van der Waals surface area contributed by atoms with Gasteiger partial charge in [-0.25, -0.2) is 8.42 Å². The van der Waals surface area contributed by atoms with Crippen LogP contribution in [0.5, 0.6) is 0 Å². The van der Waals surface area contributed by atoms with Crippen molar-refractivity contribution in [3.8, 4) is 0 Å². The fraction of sp³-hybridized carbons (Fsp3) is 0.889. The van der Waals surface area contributed by atoms with Gasteiger partial charge in [-0.05, 0) is 20.3 Å². The Kier molecular flexibility index (Phi) is 5.76. The predicted octanol–water partition coefficient (Wildman–Crippen LogP) is 0.680. The van der Waals surface area contributed by atoms with Gasteiger partial charge >= 0.3 is 0 Å². The van der Waals surface area contributed by atoms with Gasteiger partial charge in [-0.3, -0.25) is 4.79 Å². The van der Waals surface area contributed by atoms with E-state index in [4.69, 9.17) is 0 Å². The first-order valence-corrected chi connectivity index (χ1v) is 6.92. The van der Waals surface area contributed by atoms with Crippen molar-refractivity contribution >= 4 is 15.7 Å². The van der Waals surface area contributed by atoms with Crippen molar-refractivity contribution in [3.05, 3.63) is 0 Å². The maximum Gasteiger partial charge on any atom is 0.222 e. The lowest BCUT2D eigenvalue weighted by molar-refractivity contribution is -0.130. The molecule has 0 radical (unpaired) electrons. The molecule has 1 amide bonds. The molecule has 0 aromatic rings. The molecular formula is C9H19NO3S. The van der Waals surface area contributed by atoms with Gasteiger partial charge in [0, 0.05) is 25.8 Å². The molecule has 0 bridgehead atoms. The normalized spacial score (nSPS) is 11.4. The van der Waals surface area contributed by atoms with E-state index in [9.17, 15) is 13.2 Å². The predicted molar refractivity (Wildman–Crippen MR) is 56.9 cm³/mol. The Morgan fingerprint density at radius 3 is 2.07 bits per heavy atom. The van der Waals surface area contributed by atoms with Gasteiger partial charge in [0.25, 0.3) is 0 Å². The maximum atomic E-state index is 11.4. The maximum absolute atomic E-state index is 11.4. The van der Waals surface area contributed by atoms with Gasteiger partial charge in [-0.2, -0.15) is 0 Å². The second kappa shape index (κ2) is 6.01. The average Bonchev–Trinajstić information content (AvgIpc) is 2.04. The van der Waals surface area contributed by atoms with E-state index in [0.29, 0.717) is 25.9 Å². The summed E-state index contributed by atoms with van der Waals surface area (Å²) in [5.41, 5.74) is 0. The zero-order valence-corrected chi connectivity index (χ0v) is 9.93. The summed E-state index contributed by atoms with van der Waals surface area (Å²) in [6.45, 7) is 5.21. The Hall–Kier alpha value is -0.580. The fourth-order valence-electron chi connectivity index (χ4n) is 1.22. The van der Waals surface area contributed by atoms with Crippen LogP contribution in [0.2, 0.25) is 0 Å². The Bertz CT molecular complexity index is 268. The Morgan fingerprint density at radius 1 is 1.21 bits per heavy atom. The third kappa shape index (κ3) is 5.96. The Labute approximate surface area is 86.2 Å². The number of hydrogen-bond donors (Lipinski definition) is 0. The third-order valence-electron chi connectivity index (χ3n) is 2.02. The molecule has 0 saturated heterocycles. The van der Waals surface area contributed by atoms with Crippen LogP contribution in [0, 0.1) is 0 Å². The van der Waals surface area contributed by atoms with E-state index in [1.807, 2.05) is 13.8 Å². The van der Waals surface area contributed by atoms with Crippen molar-refractivity contribution in [2.45, 2.75) is 26.7 Å². The number of sulfone groups is 1. The lowest BCUT2D eigenvalue weighted by Crippen LogP contribution is -2.30. The van der Waals surface area contributed by atoms with E-state index < -0.39 is 9.84 Å². The molecule has 5 heteroatoms. The summed E-state index contributed by atoms with van der Waals surface area (Å²) in [5.74, 6) is 0.138. The molecule has 0 aromatic heterocycles. The van der Waals surface area contributed by atoms with Crippen LogP contribution in [0.4, 0.5) is 0 Å². The minimum absolute atomic E-state index is 0.0404. The zero-order valence-electron chi connectivity index (χ0n) is 9.12. The Balaban J connectivity index is 3.85. The van der Waals surface area contributed by atoms with Crippen LogP contribution in [0.3, 0.4) is 0 Å². The summed E-state index contributed by atoms with van der Waals surface area (Å²) in [6, 6.07) is 0. The van der Waals surface area contributed by atoms with Gasteiger partial charge in [-0.15, -0.1) is 0 Å². The molecule has 0 spiro atoms. The van der Waals surface area contributed by atoms with E-state index in [-0.39, 0.29) is 11.7 Å². The van der Waals surface area contributed by atoms with Crippen LogP contribution in [0.1, 0.15) is 26.7 Å². The molecule has 0 atom stereocenters. The number of nitrogens with zero attached hydrogens (tertiary/aromatic N) is 1. The number of rotatable bonds is 6. The van der Waals surface area contributed by atoms with E-state index in [2.05, 4.69) is 0 Å². The molecule has 0 heterocycles. The van der Waals surface area contributed by atoms with Crippen LogP contribution in [-0.2, 0) is 14.6 Å². The molecule has 0 N–H and O–H groups in total. The molecule has 14 heavy (non-hydrogen) atoms. The summed E-state index contributed by atoms with van der Waals surface area (Å²) in [4.78, 5) is 13.1. The first-order chi connectivity index (χ1) is 6.40. The molecule has 84 valence electrons. The van der Waals surface area contributed by atoms with Crippen LogP contribution in [-0.4, -0.2) is 44.3 Å². The summed E-state index contributed by atoms with van der Waals surface area (Å²) >= 11 is 0. The molecule has 0 saturated carbocycles. The first-order valence-electron chi connectivity index (χ1n) is 4.86. The molecule has 4 nitrogen and oxygen atoms in total. The highest BCUT2D eigenvalue weighted by atomic mass is 32.2. The smallest absolute Gasteiger partial charge is 0.222 e. The molecule has 0 aliphatic heterocycles. The third-order valence-corrected chi connectivity index (χ3v) is 3.05. The largest absolute Gasteiger partial charge is 0.343 e. The molecule has 0 aliphatic carbocycles. The second-order valence-electron chi connectivity index (χ2n) is 3.30. The van der Waals surface area contributed by atoms with Crippen LogP contribution < -0.4 is 0 Å². The van der Waals surface area contributed by atoms with Crippen molar-refractivity contribution in [1.82, 2.24) is 4.90 Å². The number of amides is 1. The van der Waals surface area contributed by atoms with E-state index in [0.717, 1.165) is 0 Å². The highest BCUT2D eigenvalue weighted by molar-refractivity contribution is 7.90. The number of hydrogen-bond acceptors (Lipinski definition) is 3. The minimum Gasteiger partial charge on any atom is -0.343 e. The standard InChI is InChI=1S/C9H19NO3S/c1-4-10(5-2)9(11)7-6-8-14(3,12)13/h4-8H2,1-3H3. The summed E-state index contributed by atoms with van der Waals surface area (Å²) in [5, 5.41) is 0. The highest BCUT2D eigenvalue weighted by Gasteiger charge is 2.10. The Morgan fingerprint density at radius 2 is 1.71 bits per heavy atom. The quantitative estimate of drug-likeness (QED) is 0.662. The minimum atomic E-state index is -2.93. The van der Waals surface area contributed by atoms with Crippen molar-refractivity contribution in [2.75, 3.05) is 25.1 Å². The summed E-state index contributed by atoms with van der Waals surface area (Å²) in [7, 11) is -2.93. The molecule has 0 aliphatic rings. The van der Waals surface area contributed by atoms with Gasteiger partial charge < -0.3 is 4.90 Å². The van der Waals surface area contributed by atoms with Gasteiger partial charge in [0.2, 0.25) is 5.91 Å². The van der Waals surface area contributed by atoms with E-state index in [1.54, 1.807) is 4.90 Å². The van der Waals surface area contributed by atoms with Gasteiger partial charge in [0.05, 0.1) is 5.75 Å². The molecular weight excluding hydrogens is 202 g/mol. The van der Waals surface area contributed by atoms with Gasteiger partial charge in [-0.1, -0.05) is 0 Å². The van der Waals surface area contributed by atoms with Crippen molar-refractivity contribution in [1.29, 1.82) is 0 Å². The van der Waals surface area contributed by atoms with Crippen molar-refractivity contribution in [3.63, 3.8) is 0 Å². The van der Waals surface area contributed by atoms with E-state index in [1.165, 1.54) is 6.26 Å². The lowest BCUT2D eigenvalue weighted by Gasteiger charge is -2.18. The van der Waals surface area contributed by atoms with Gasteiger partial charge in [0.15, 0.2) is 0 Å². The molecule has 0 unspecified atom stereocenters. The van der Waals surface area contributed by atoms with Gasteiger partial charge in [0.1, 0.15) is 9.84 Å². The first kappa shape index (κ1) is 13.4. The number of carbonyl (C=O) groups is 1. The highest BCUT2D eigenvalue weighted by Crippen LogP contribution is 1.99. The van der Waals surface area contributed by atoms with Crippen LogP contribution >= 0.6 is 0 Å². The van der Waals surface area contributed by atoms with Crippen molar-refractivity contribution < 1.29 is 13.2 Å². The van der Waals surface area contributed by atoms with Crippen molar-refractivity contribution in [2.24, 2.45) is 0 Å². The van der Waals surface area contributed by atoms with Crippen LogP contribution in [0.25, 0.3) is 0 Å². The monoisotopic (exact) mass is 221 g/mol. The fourth-order valence-corrected chi connectivity index (χ4v) is 1.89. The molecule has 0 fully saturated rings. The number of carbonyl (C=O) groups excluding carboxylic acids is 1. The second-order valence-corrected chi connectivity index (χ2v) is 5.56. The zero-order chi connectivity index (χ0) is 11.2. The summed E-state index contributed by atoms with van der Waals surface area (Å²) < 4.78 is 21.6. The molecule has 0 rings (SSSR count).